The SMILES string of the molecule is Nc1nc(Oc2cccnc2)nc(-n2ccnc2)n1. The predicted octanol–water partition coefficient (Wildman–Crippen LogP) is 0.827. The Morgan fingerprint density at radius 1 is 1.11 bits per heavy atom. The van der Waals surface area contributed by atoms with E-state index in [1.54, 1.807) is 47.8 Å². The number of rotatable bonds is 3. The molecule has 3 aromatic rings. The molecule has 3 aromatic heterocycles. The van der Waals surface area contributed by atoms with Crippen molar-refractivity contribution >= 4 is 5.95 Å². The quantitative estimate of drug-likeness (QED) is 0.738. The van der Waals surface area contributed by atoms with Crippen molar-refractivity contribution in [3.63, 3.8) is 0 Å². The Morgan fingerprint density at radius 2 is 2.05 bits per heavy atom. The summed E-state index contributed by atoms with van der Waals surface area (Å²) in [7, 11) is 0. The van der Waals surface area contributed by atoms with Crippen LogP contribution in [0.5, 0.6) is 11.8 Å². The number of hydrogen-bond acceptors (Lipinski definition) is 7. The Morgan fingerprint density at radius 3 is 2.79 bits per heavy atom. The minimum Gasteiger partial charge on any atom is -0.422 e. The van der Waals surface area contributed by atoms with Gasteiger partial charge in [0, 0.05) is 18.6 Å². The zero-order valence-corrected chi connectivity index (χ0v) is 9.71. The van der Waals surface area contributed by atoms with Gasteiger partial charge >= 0.3 is 6.01 Å². The number of nitrogens with zero attached hydrogens (tertiary/aromatic N) is 6. The average Bonchev–Trinajstić information content (AvgIpc) is 2.93. The van der Waals surface area contributed by atoms with Gasteiger partial charge in [0.25, 0.3) is 0 Å². The Labute approximate surface area is 108 Å². The van der Waals surface area contributed by atoms with Gasteiger partial charge in [0.2, 0.25) is 11.9 Å². The van der Waals surface area contributed by atoms with Gasteiger partial charge in [-0.15, -0.1) is 0 Å². The van der Waals surface area contributed by atoms with E-state index >= 15 is 0 Å². The third-order valence-electron chi connectivity index (χ3n) is 2.20. The predicted molar refractivity (Wildman–Crippen MR) is 65.7 cm³/mol. The fourth-order valence-electron chi connectivity index (χ4n) is 1.41. The fraction of sp³-hybridized carbons (Fsp3) is 0. The normalized spacial score (nSPS) is 10.3. The lowest BCUT2D eigenvalue weighted by Gasteiger charge is -2.05. The molecule has 0 saturated heterocycles. The monoisotopic (exact) mass is 255 g/mol. The zero-order chi connectivity index (χ0) is 13.1. The van der Waals surface area contributed by atoms with Crippen LogP contribution in [0.1, 0.15) is 0 Å². The van der Waals surface area contributed by atoms with Gasteiger partial charge in [0.05, 0.1) is 6.20 Å². The van der Waals surface area contributed by atoms with E-state index in [1.807, 2.05) is 0 Å². The van der Waals surface area contributed by atoms with Crippen molar-refractivity contribution in [1.82, 2.24) is 29.5 Å². The topological polar surface area (TPSA) is 105 Å². The first kappa shape index (κ1) is 11.1. The molecule has 94 valence electrons. The van der Waals surface area contributed by atoms with Crippen molar-refractivity contribution in [3.8, 4) is 17.7 Å². The highest BCUT2D eigenvalue weighted by atomic mass is 16.5. The van der Waals surface area contributed by atoms with Crippen LogP contribution in [0.2, 0.25) is 0 Å². The molecule has 19 heavy (non-hydrogen) atoms. The van der Waals surface area contributed by atoms with E-state index < -0.39 is 0 Å². The highest BCUT2D eigenvalue weighted by Crippen LogP contribution is 2.17. The second kappa shape index (κ2) is 4.69. The van der Waals surface area contributed by atoms with Crippen molar-refractivity contribution in [2.24, 2.45) is 0 Å². The van der Waals surface area contributed by atoms with Crippen molar-refractivity contribution in [1.29, 1.82) is 0 Å². The Hall–Kier alpha value is -3.03. The van der Waals surface area contributed by atoms with E-state index in [0.717, 1.165) is 0 Å². The Balaban J connectivity index is 1.94. The molecular weight excluding hydrogens is 246 g/mol. The van der Waals surface area contributed by atoms with E-state index in [2.05, 4.69) is 24.9 Å². The standard InChI is InChI=1S/C11H9N7O/c12-9-15-10(18-5-4-14-7-18)17-11(16-9)19-8-2-1-3-13-6-8/h1-7H,(H2,12,15,16,17). The van der Waals surface area contributed by atoms with E-state index in [1.165, 1.54) is 0 Å². The summed E-state index contributed by atoms with van der Waals surface area (Å²) in [4.78, 5) is 19.9. The van der Waals surface area contributed by atoms with Crippen molar-refractivity contribution < 1.29 is 4.74 Å². The summed E-state index contributed by atoms with van der Waals surface area (Å²) in [5, 5.41) is 0. The minimum absolute atomic E-state index is 0.0672. The van der Waals surface area contributed by atoms with Crippen molar-refractivity contribution in [2.75, 3.05) is 5.73 Å². The maximum absolute atomic E-state index is 5.63. The highest BCUT2D eigenvalue weighted by molar-refractivity contribution is 5.27. The molecule has 8 nitrogen and oxygen atoms in total. The molecule has 0 amide bonds. The fourth-order valence-corrected chi connectivity index (χ4v) is 1.41. The molecule has 3 heterocycles. The van der Waals surface area contributed by atoms with Crippen LogP contribution in [0.25, 0.3) is 5.95 Å². The van der Waals surface area contributed by atoms with Crippen LogP contribution in [0.15, 0.2) is 43.2 Å². The minimum atomic E-state index is 0.0672. The first-order valence-electron chi connectivity index (χ1n) is 5.39. The van der Waals surface area contributed by atoms with Crippen LogP contribution >= 0.6 is 0 Å². The summed E-state index contributed by atoms with van der Waals surface area (Å²) in [6.07, 6.45) is 8.06. The first-order valence-corrected chi connectivity index (χ1v) is 5.39. The number of anilines is 1. The Bertz CT molecular complexity index is 669. The maximum atomic E-state index is 5.63. The largest absolute Gasteiger partial charge is 0.422 e. The average molecular weight is 255 g/mol. The lowest BCUT2D eigenvalue weighted by molar-refractivity contribution is 0.437. The molecule has 0 aliphatic heterocycles. The van der Waals surface area contributed by atoms with Crippen molar-refractivity contribution in [3.05, 3.63) is 43.2 Å². The third kappa shape index (κ3) is 2.46. The van der Waals surface area contributed by atoms with Crippen LogP contribution in [-0.4, -0.2) is 29.5 Å². The number of nitrogens with two attached hydrogens (primary N) is 1. The van der Waals surface area contributed by atoms with Gasteiger partial charge in [0.1, 0.15) is 12.1 Å². The molecule has 0 radical (unpaired) electrons. The van der Waals surface area contributed by atoms with E-state index in [4.69, 9.17) is 10.5 Å². The third-order valence-corrected chi connectivity index (χ3v) is 2.20. The summed E-state index contributed by atoms with van der Waals surface area (Å²) >= 11 is 0. The summed E-state index contributed by atoms with van der Waals surface area (Å²) in [6, 6.07) is 3.59. The van der Waals surface area contributed by atoms with Crippen LogP contribution in [-0.2, 0) is 0 Å². The number of nitrogen functional groups attached to an aromatic ring is 1. The molecule has 3 rings (SSSR count). The smallest absolute Gasteiger partial charge is 0.328 e. The summed E-state index contributed by atoms with van der Waals surface area (Å²) < 4.78 is 7.06. The number of aromatic nitrogens is 6. The molecule has 0 atom stereocenters. The van der Waals surface area contributed by atoms with E-state index in [-0.39, 0.29) is 12.0 Å². The second-order valence-electron chi connectivity index (χ2n) is 3.54. The van der Waals surface area contributed by atoms with Crippen LogP contribution in [0.4, 0.5) is 5.95 Å². The number of ether oxygens (including phenoxy) is 1. The maximum Gasteiger partial charge on any atom is 0.328 e. The molecule has 0 saturated carbocycles. The van der Waals surface area contributed by atoms with Gasteiger partial charge in [-0.05, 0) is 12.1 Å². The first-order chi connectivity index (χ1) is 9.31. The molecule has 2 N–H and O–H groups in total. The summed E-state index contributed by atoms with van der Waals surface area (Å²) in [5.74, 6) is 0.922. The van der Waals surface area contributed by atoms with Gasteiger partial charge < -0.3 is 10.5 Å². The molecule has 0 aliphatic carbocycles. The van der Waals surface area contributed by atoms with Crippen molar-refractivity contribution in [2.45, 2.75) is 0 Å². The zero-order valence-electron chi connectivity index (χ0n) is 9.71. The molecule has 0 unspecified atom stereocenters. The number of hydrogen-bond donors (Lipinski definition) is 1. The summed E-state index contributed by atoms with van der Waals surface area (Å²) in [6.45, 7) is 0. The molecule has 0 aliphatic rings. The van der Waals surface area contributed by atoms with Gasteiger partial charge in [0.15, 0.2) is 0 Å². The van der Waals surface area contributed by atoms with Crippen LogP contribution < -0.4 is 10.5 Å². The van der Waals surface area contributed by atoms with E-state index in [9.17, 15) is 0 Å². The lowest BCUT2D eigenvalue weighted by atomic mass is 10.5. The Kier molecular flexibility index (Phi) is 2.73. The van der Waals surface area contributed by atoms with Gasteiger partial charge in [-0.3, -0.25) is 9.55 Å². The van der Waals surface area contributed by atoms with Gasteiger partial charge in [-0.25, -0.2) is 4.98 Å². The second-order valence-corrected chi connectivity index (χ2v) is 3.54. The lowest BCUT2D eigenvalue weighted by Crippen LogP contribution is -2.06. The summed E-state index contributed by atoms with van der Waals surface area (Å²) in [5.41, 5.74) is 5.63. The number of pyridine rings is 1. The molecule has 0 fully saturated rings. The molecule has 0 spiro atoms. The van der Waals surface area contributed by atoms with Crippen LogP contribution in [0.3, 0.4) is 0 Å². The number of imidazole rings is 1. The molecule has 0 bridgehead atoms. The van der Waals surface area contributed by atoms with Gasteiger partial charge in [-0.2, -0.15) is 15.0 Å². The van der Waals surface area contributed by atoms with Crippen LogP contribution in [0, 0.1) is 0 Å². The molecule has 0 aromatic carbocycles. The molecule has 8 heteroatoms. The highest BCUT2D eigenvalue weighted by Gasteiger charge is 2.08. The molecular formula is C11H9N7O. The van der Waals surface area contributed by atoms with E-state index in [0.29, 0.717) is 11.7 Å². The van der Waals surface area contributed by atoms with Gasteiger partial charge in [-0.1, -0.05) is 0 Å².